The van der Waals surface area contributed by atoms with E-state index in [1.165, 1.54) is 0 Å². The summed E-state index contributed by atoms with van der Waals surface area (Å²) in [7, 11) is 4.25. The summed E-state index contributed by atoms with van der Waals surface area (Å²) in [5, 5.41) is 31.8. The predicted octanol–water partition coefficient (Wildman–Crippen LogP) is 5.67. The highest BCUT2D eigenvalue weighted by molar-refractivity contribution is 6.33. The van der Waals surface area contributed by atoms with Crippen LogP contribution in [0.2, 0.25) is 5.02 Å². The zero-order chi connectivity index (χ0) is 37.9. The van der Waals surface area contributed by atoms with Crippen LogP contribution in [-0.2, 0) is 23.7 Å². The molecular weight excluding hydrogens is 664 g/mol. The van der Waals surface area contributed by atoms with Crippen LogP contribution in [0.4, 0.5) is 17.2 Å². The fourth-order valence-electron chi connectivity index (χ4n) is 4.36. The zero-order valence-electron chi connectivity index (χ0n) is 29.8. The summed E-state index contributed by atoms with van der Waals surface area (Å²) in [6, 6.07) is 17.2. The van der Waals surface area contributed by atoms with E-state index in [1.54, 1.807) is 20.3 Å². The third kappa shape index (κ3) is 16.2. The Morgan fingerprint density at radius 3 is 1.98 bits per heavy atom. The summed E-state index contributed by atoms with van der Waals surface area (Å²) in [5.74, 6) is 0.755. The number of aliphatic imine (C=N–C) groups is 1. The Labute approximate surface area is 301 Å². The second-order valence-corrected chi connectivity index (χ2v) is 10.7. The van der Waals surface area contributed by atoms with E-state index in [0.29, 0.717) is 60.8 Å². The SMILES string of the molecule is C#C.C=Nc1nc(-c2ccc(-c3ccc(NC=O)cc3)cc2)c(Cl)cc1NCO[C@H]1COC[C@@H](O)C1.CC.CO.COC.C[C@H]1COC[C@H]1O. The second kappa shape index (κ2) is 27.9. The maximum Gasteiger partial charge on any atom is 0.211 e. The summed E-state index contributed by atoms with van der Waals surface area (Å²) >= 11 is 6.55. The van der Waals surface area contributed by atoms with Gasteiger partial charge in [0.2, 0.25) is 6.41 Å². The fraction of sp³-hybridized carbons (Fsp3) is 0.432. The molecule has 0 saturated carbocycles. The van der Waals surface area contributed by atoms with E-state index in [2.05, 4.69) is 44.9 Å². The number of hydrogen-bond acceptors (Lipinski definition) is 11. The number of amides is 1. The van der Waals surface area contributed by atoms with Crippen LogP contribution in [0, 0.1) is 18.8 Å². The van der Waals surface area contributed by atoms with Crippen molar-refractivity contribution in [1.29, 1.82) is 0 Å². The lowest BCUT2D eigenvalue weighted by Crippen LogP contribution is -2.35. The van der Waals surface area contributed by atoms with E-state index >= 15 is 0 Å². The number of hydrogen-bond donors (Lipinski definition) is 5. The van der Waals surface area contributed by atoms with Crippen LogP contribution in [0.3, 0.4) is 0 Å². The Balaban J connectivity index is 0.00000126. The molecule has 3 aromatic rings. The van der Waals surface area contributed by atoms with Gasteiger partial charge in [0.25, 0.3) is 0 Å². The molecular formula is C37H53ClN4O8. The lowest BCUT2D eigenvalue weighted by molar-refractivity contribution is -0.105. The number of anilines is 2. The number of aromatic nitrogens is 1. The van der Waals surface area contributed by atoms with Crippen LogP contribution in [0.1, 0.15) is 27.2 Å². The summed E-state index contributed by atoms with van der Waals surface area (Å²) in [4.78, 5) is 19.2. The van der Waals surface area contributed by atoms with Crippen LogP contribution in [0.15, 0.2) is 59.6 Å². The first-order valence-electron chi connectivity index (χ1n) is 15.9. The van der Waals surface area contributed by atoms with Gasteiger partial charge in [-0.15, -0.1) is 12.8 Å². The molecule has 0 spiro atoms. The van der Waals surface area contributed by atoms with Crippen molar-refractivity contribution in [2.45, 2.75) is 45.5 Å². The van der Waals surface area contributed by atoms with Crippen LogP contribution in [-0.4, -0.2) is 106 Å². The van der Waals surface area contributed by atoms with Crippen molar-refractivity contribution in [2.75, 3.05) is 65.1 Å². The molecule has 2 aromatic carbocycles. The van der Waals surface area contributed by atoms with Gasteiger partial charge < -0.3 is 44.9 Å². The topological polar surface area (TPSA) is 164 Å². The van der Waals surface area contributed by atoms with Gasteiger partial charge in [-0.05, 0) is 36.0 Å². The summed E-state index contributed by atoms with van der Waals surface area (Å²) < 4.78 is 20.2. The molecule has 2 fully saturated rings. The van der Waals surface area contributed by atoms with Gasteiger partial charge in [-0.3, -0.25) is 4.79 Å². The zero-order valence-corrected chi connectivity index (χ0v) is 30.6. The minimum absolute atomic E-state index is 0.185. The van der Waals surface area contributed by atoms with Gasteiger partial charge in [0.1, 0.15) is 6.73 Å². The van der Waals surface area contributed by atoms with Gasteiger partial charge in [0.05, 0.1) is 61.1 Å². The smallest absolute Gasteiger partial charge is 0.211 e. The van der Waals surface area contributed by atoms with Gasteiger partial charge in [-0.1, -0.05) is 68.8 Å². The third-order valence-electron chi connectivity index (χ3n) is 6.76. The number of aliphatic hydroxyl groups is 3. The first-order chi connectivity index (χ1) is 24.3. The number of aliphatic hydroxyl groups excluding tert-OH is 3. The average Bonchev–Trinajstić information content (AvgIpc) is 3.53. The molecule has 50 heavy (non-hydrogen) atoms. The molecule has 2 aliphatic heterocycles. The van der Waals surface area contributed by atoms with Gasteiger partial charge in [0, 0.05) is 44.9 Å². The second-order valence-electron chi connectivity index (χ2n) is 10.3. The molecule has 1 aromatic heterocycles. The van der Waals surface area contributed by atoms with Crippen molar-refractivity contribution in [1.82, 2.24) is 4.98 Å². The average molecular weight is 717 g/mol. The van der Waals surface area contributed by atoms with E-state index in [4.69, 9.17) is 36.0 Å². The number of nitrogens with zero attached hydrogens (tertiary/aromatic N) is 2. The molecule has 0 aliphatic carbocycles. The molecule has 3 heterocycles. The number of carbonyl (C=O) groups excluding carboxylic acids is 1. The number of ether oxygens (including phenoxy) is 4. The lowest BCUT2D eigenvalue weighted by atomic mass is 10.0. The number of benzene rings is 2. The van der Waals surface area contributed by atoms with E-state index in [-0.39, 0.29) is 18.9 Å². The van der Waals surface area contributed by atoms with Crippen molar-refractivity contribution in [3.8, 4) is 35.2 Å². The highest BCUT2D eigenvalue weighted by atomic mass is 35.5. The summed E-state index contributed by atoms with van der Waals surface area (Å²) in [6.45, 7) is 11.8. The third-order valence-corrected chi connectivity index (χ3v) is 7.05. The van der Waals surface area contributed by atoms with Crippen molar-refractivity contribution >= 4 is 41.9 Å². The van der Waals surface area contributed by atoms with Crippen molar-refractivity contribution in [3.63, 3.8) is 0 Å². The van der Waals surface area contributed by atoms with Gasteiger partial charge in [0.15, 0.2) is 5.82 Å². The van der Waals surface area contributed by atoms with Crippen LogP contribution < -0.4 is 10.6 Å². The number of carbonyl (C=O) groups is 1. The van der Waals surface area contributed by atoms with Gasteiger partial charge in [-0.25, -0.2) is 9.98 Å². The molecule has 4 atom stereocenters. The highest BCUT2D eigenvalue weighted by Gasteiger charge is 2.22. The number of rotatable bonds is 9. The van der Waals surface area contributed by atoms with Crippen LogP contribution in [0.5, 0.6) is 0 Å². The molecule has 12 nitrogen and oxygen atoms in total. The van der Waals surface area contributed by atoms with E-state index in [0.717, 1.165) is 36.1 Å². The molecule has 276 valence electrons. The van der Waals surface area contributed by atoms with Crippen molar-refractivity contribution < 1.29 is 39.1 Å². The lowest BCUT2D eigenvalue weighted by Gasteiger charge is -2.26. The summed E-state index contributed by atoms with van der Waals surface area (Å²) in [5.41, 5.74) is 4.81. The maximum atomic E-state index is 10.6. The Kier molecular flexibility index (Phi) is 25.7. The first kappa shape index (κ1) is 46.1. The van der Waals surface area contributed by atoms with Crippen LogP contribution >= 0.6 is 11.6 Å². The first-order valence-corrected chi connectivity index (χ1v) is 16.3. The van der Waals surface area contributed by atoms with Crippen molar-refractivity contribution in [2.24, 2.45) is 10.9 Å². The quantitative estimate of drug-likeness (QED) is 0.0808. The molecule has 5 N–H and O–H groups in total. The Morgan fingerprint density at radius 2 is 1.52 bits per heavy atom. The minimum atomic E-state index is -0.509. The predicted molar refractivity (Wildman–Crippen MR) is 202 cm³/mol. The molecule has 0 bridgehead atoms. The Bertz CT molecular complexity index is 1350. The Hall–Kier alpha value is -3.90. The number of pyridine rings is 1. The number of methoxy groups -OCH3 is 1. The monoisotopic (exact) mass is 716 g/mol. The number of terminal acetylenes is 1. The van der Waals surface area contributed by atoms with Crippen molar-refractivity contribution in [3.05, 3.63) is 59.6 Å². The van der Waals surface area contributed by atoms with E-state index in [9.17, 15) is 9.90 Å². The maximum absolute atomic E-state index is 10.6. The largest absolute Gasteiger partial charge is 0.400 e. The molecule has 0 unspecified atom stereocenters. The molecule has 2 aliphatic rings. The molecule has 0 radical (unpaired) electrons. The number of halogens is 1. The summed E-state index contributed by atoms with van der Waals surface area (Å²) in [6.07, 6.45) is 8.28. The molecule has 2 saturated heterocycles. The van der Waals surface area contributed by atoms with Gasteiger partial charge >= 0.3 is 0 Å². The van der Waals surface area contributed by atoms with E-state index in [1.807, 2.05) is 69.3 Å². The standard InChI is InChI=1S/C25H25ClN4O4.C5H10O2.C2H6O.C2H6.C2H2.CH4O/c1-27-25-23(29-15-34-21-10-20(32)12-33-13-21)11-22(26)24(30-25)18-4-2-16(3-5-18)17-6-8-19(9-7-17)28-14-31;1-4-2-7-3-5(4)6;1-3-2;3*1-2/h2-9,11,14,20-21,29,32H,1,10,12-13,15H2,(H,28,31);4-6H,2-3H2,1H3;1-2H3;1-2H3;1-2H;2H,1H3/t20-,21+;4-,5+;;;;/m00..../s1. The minimum Gasteiger partial charge on any atom is -0.400 e. The van der Waals surface area contributed by atoms with Gasteiger partial charge in [-0.2, -0.15) is 0 Å². The molecule has 5 rings (SSSR count). The number of nitrogens with one attached hydrogen (secondary N) is 2. The van der Waals surface area contributed by atoms with E-state index < -0.39 is 6.10 Å². The normalized spacial score (nSPS) is 18.6. The van der Waals surface area contributed by atoms with Crippen LogP contribution in [0.25, 0.3) is 22.4 Å². The molecule has 1 amide bonds. The highest BCUT2D eigenvalue weighted by Crippen LogP contribution is 2.35. The molecule has 13 heteroatoms. The Morgan fingerprint density at radius 1 is 0.980 bits per heavy atom. The fourth-order valence-corrected chi connectivity index (χ4v) is 4.62.